The van der Waals surface area contributed by atoms with Gasteiger partial charge in [0.2, 0.25) is 15.9 Å². The Labute approximate surface area is 202 Å². The van der Waals surface area contributed by atoms with Crippen molar-refractivity contribution in [1.29, 1.82) is 0 Å². The Bertz CT molecular complexity index is 1170. The van der Waals surface area contributed by atoms with Gasteiger partial charge in [0.1, 0.15) is 10.6 Å². The largest absolute Gasteiger partial charge is 0.495 e. The first-order chi connectivity index (χ1) is 15.3. The fourth-order valence-corrected chi connectivity index (χ4v) is 5.20. The topological polar surface area (TPSA) is 75.7 Å². The summed E-state index contributed by atoms with van der Waals surface area (Å²) in [6.45, 7) is 1.66. The van der Waals surface area contributed by atoms with Crippen LogP contribution in [0.2, 0.25) is 0 Å². The molecule has 32 heavy (non-hydrogen) atoms. The normalized spacial score (nSPS) is 11.4. The fourth-order valence-electron chi connectivity index (χ4n) is 3.20. The van der Waals surface area contributed by atoms with Gasteiger partial charge in [-0.05, 0) is 83.5 Å². The van der Waals surface area contributed by atoms with Gasteiger partial charge in [0.25, 0.3) is 0 Å². The average molecular weight is 564 g/mol. The number of nitrogens with zero attached hydrogens (tertiary/aromatic N) is 1. The highest BCUT2D eigenvalue weighted by molar-refractivity contribution is 14.1. The number of hydrogen-bond acceptors (Lipinski definition) is 4. The molecule has 1 N–H and O–H groups in total. The van der Waals surface area contributed by atoms with Crippen LogP contribution in [0, 0.1) is 10.5 Å². The van der Waals surface area contributed by atoms with Gasteiger partial charge in [-0.3, -0.25) is 4.79 Å². The van der Waals surface area contributed by atoms with Crippen molar-refractivity contribution in [3.05, 3.63) is 87.5 Å². The van der Waals surface area contributed by atoms with Crippen molar-refractivity contribution < 1.29 is 17.9 Å². The average Bonchev–Trinajstić information content (AvgIpc) is 2.78. The molecule has 0 saturated heterocycles. The number of hydrogen-bond donors (Lipinski definition) is 1. The van der Waals surface area contributed by atoms with E-state index in [4.69, 9.17) is 4.74 Å². The second kappa shape index (κ2) is 10.9. The van der Waals surface area contributed by atoms with Crippen LogP contribution in [-0.2, 0) is 21.2 Å². The van der Waals surface area contributed by atoms with Crippen molar-refractivity contribution in [3.8, 4) is 5.75 Å². The molecule has 3 rings (SSSR count). The number of carbonyl (C=O) groups excluding carboxylic acids is 1. The van der Waals surface area contributed by atoms with Gasteiger partial charge in [-0.25, -0.2) is 8.42 Å². The third kappa shape index (κ3) is 6.30. The Morgan fingerprint density at radius 1 is 1.03 bits per heavy atom. The summed E-state index contributed by atoms with van der Waals surface area (Å²) in [7, 11) is -2.55. The summed E-state index contributed by atoms with van der Waals surface area (Å²) in [6.07, 6.45) is 0.477. The molecule has 0 spiro atoms. The molecule has 0 heterocycles. The fraction of sp³-hybridized carbons (Fsp3) is 0.208. The maximum atomic E-state index is 13.6. The highest BCUT2D eigenvalue weighted by Crippen LogP contribution is 2.28. The lowest BCUT2D eigenvalue weighted by molar-refractivity contribution is -0.116. The summed E-state index contributed by atoms with van der Waals surface area (Å²) in [5, 5.41) is 2.78. The van der Waals surface area contributed by atoms with Gasteiger partial charge < -0.3 is 10.1 Å². The highest BCUT2D eigenvalue weighted by atomic mass is 127. The van der Waals surface area contributed by atoms with Crippen molar-refractivity contribution >= 4 is 44.2 Å². The molecule has 0 aromatic heterocycles. The van der Waals surface area contributed by atoms with E-state index in [1.54, 1.807) is 30.3 Å². The number of carbonyl (C=O) groups is 1. The van der Waals surface area contributed by atoms with Crippen molar-refractivity contribution in [2.24, 2.45) is 0 Å². The second-order valence-electron chi connectivity index (χ2n) is 7.28. The van der Waals surface area contributed by atoms with Crippen LogP contribution in [0.3, 0.4) is 0 Å². The molecule has 8 heteroatoms. The van der Waals surface area contributed by atoms with Gasteiger partial charge >= 0.3 is 0 Å². The predicted octanol–water partition coefficient (Wildman–Crippen LogP) is 4.48. The van der Waals surface area contributed by atoms with E-state index in [0.29, 0.717) is 12.1 Å². The highest BCUT2D eigenvalue weighted by Gasteiger charge is 2.29. The molecule has 0 unspecified atom stereocenters. The maximum Gasteiger partial charge on any atom is 0.247 e. The molecule has 3 aromatic carbocycles. The number of benzene rings is 3. The van der Waals surface area contributed by atoms with E-state index in [9.17, 15) is 13.2 Å². The van der Waals surface area contributed by atoms with E-state index in [1.807, 2.05) is 49.4 Å². The monoisotopic (exact) mass is 564 g/mol. The lowest BCUT2D eigenvalue weighted by atomic mass is 10.1. The molecule has 0 aliphatic heterocycles. The van der Waals surface area contributed by atoms with Gasteiger partial charge in [0.15, 0.2) is 0 Å². The van der Waals surface area contributed by atoms with E-state index in [0.717, 1.165) is 14.7 Å². The van der Waals surface area contributed by atoms with Gasteiger partial charge in [-0.1, -0.05) is 36.4 Å². The SMILES string of the molecule is COc1ccc(C)cc1S(=O)(=O)N(CCc1ccccc1)CC(=O)Nc1ccc(I)cc1. The lowest BCUT2D eigenvalue weighted by Crippen LogP contribution is -2.39. The number of nitrogens with one attached hydrogen (secondary N) is 1. The molecule has 0 bridgehead atoms. The Hall–Kier alpha value is -2.43. The van der Waals surface area contributed by atoms with Crippen LogP contribution in [0.25, 0.3) is 0 Å². The zero-order chi connectivity index (χ0) is 23.1. The Morgan fingerprint density at radius 3 is 2.38 bits per heavy atom. The van der Waals surface area contributed by atoms with Crippen LogP contribution in [0.1, 0.15) is 11.1 Å². The molecule has 0 aliphatic carbocycles. The molecule has 3 aromatic rings. The van der Waals surface area contributed by atoms with Crippen LogP contribution in [0.5, 0.6) is 5.75 Å². The summed E-state index contributed by atoms with van der Waals surface area (Å²) < 4.78 is 34.7. The first-order valence-electron chi connectivity index (χ1n) is 10.0. The summed E-state index contributed by atoms with van der Waals surface area (Å²) >= 11 is 2.18. The van der Waals surface area contributed by atoms with Crippen LogP contribution >= 0.6 is 22.6 Å². The number of methoxy groups -OCH3 is 1. The van der Waals surface area contributed by atoms with E-state index in [-0.39, 0.29) is 23.7 Å². The summed E-state index contributed by atoms with van der Waals surface area (Å²) in [5.41, 5.74) is 2.39. The minimum atomic E-state index is -3.98. The van der Waals surface area contributed by atoms with E-state index < -0.39 is 15.9 Å². The second-order valence-corrected chi connectivity index (χ2v) is 10.4. The number of amides is 1. The minimum absolute atomic E-state index is 0.0510. The van der Waals surface area contributed by atoms with Crippen LogP contribution in [0.4, 0.5) is 5.69 Å². The number of halogens is 1. The Balaban J connectivity index is 1.88. The van der Waals surface area contributed by atoms with E-state index in [2.05, 4.69) is 27.9 Å². The molecule has 0 saturated carbocycles. The number of ether oxygens (including phenoxy) is 1. The molecular formula is C24H25IN2O4S. The van der Waals surface area contributed by atoms with Gasteiger partial charge in [0.05, 0.1) is 13.7 Å². The molecule has 168 valence electrons. The lowest BCUT2D eigenvalue weighted by Gasteiger charge is -2.23. The zero-order valence-corrected chi connectivity index (χ0v) is 20.9. The van der Waals surface area contributed by atoms with E-state index in [1.165, 1.54) is 11.4 Å². The van der Waals surface area contributed by atoms with Crippen molar-refractivity contribution in [2.45, 2.75) is 18.2 Å². The summed E-state index contributed by atoms with van der Waals surface area (Å²) in [4.78, 5) is 12.8. The molecule has 0 fully saturated rings. The molecule has 6 nitrogen and oxygen atoms in total. The van der Waals surface area contributed by atoms with Crippen molar-refractivity contribution in [3.63, 3.8) is 0 Å². The standard InChI is InChI=1S/C24H25IN2O4S/c1-18-8-13-22(31-2)23(16-18)32(29,30)27(15-14-19-6-4-3-5-7-19)17-24(28)26-21-11-9-20(25)10-12-21/h3-13,16H,14-15,17H2,1-2H3,(H,26,28). The van der Waals surface area contributed by atoms with Crippen LogP contribution < -0.4 is 10.1 Å². The number of aryl methyl sites for hydroxylation is 1. The Morgan fingerprint density at radius 2 is 1.72 bits per heavy atom. The van der Waals surface area contributed by atoms with Gasteiger partial charge in [0, 0.05) is 15.8 Å². The van der Waals surface area contributed by atoms with Crippen LogP contribution in [-0.4, -0.2) is 38.8 Å². The molecule has 1 amide bonds. The molecule has 0 aliphatic rings. The summed E-state index contributed by atoms with van der Waals surface area (Å²) in [6, 6.07) is 21.9. The van der Waals surface area contributed by atoms with Crippen molar-refractivity contribution in [2.75, 3.05) is 25.5 Å². The number of rotatable bonds is 9. The molecular weight excluding hydrogens is 539 g/mol. The van der Waals surface area contributed by atoms with Crippen molar-refractivity contribution in [1.82, 2.24) is 4.31 Å². The van der Waals surface area contributed by atoms with Gasteiger partial charge in [-0.15, -0.1) is 0 Å². The first-order valence-corrected chi connectivity index (χ1v) is 12.6. The van der Waals surface area contributed by atoms with Crippen LogP contribution in [0.15, 0.2) is 77.7 Å². The predicted molar refractivity (Wildman–Crippen MR) is 134 cm³/mol. The van der Waals surface area contributed by atoms with E-state index >= 15 is 0 Å². The Kier molecular flexibility index (Phi) is 8.27. The first kappa shape index (κ1) is 24.2. The smallest absolute Gasteiger partial charge is 0.247 e. The third-order valence-corrected chi connectivity index (χ3v) is 7.46. The number of sulfonamides is 1. The molecule has 0 radical (unpaired) electrons. The number of anilines is 1. The maximum absolute atomic E-state index is 13.6. The van der Waals surface area contributed by atoms with Gasteiger partial charge in [-0.2, -0.15) is 4.31 Å². The summed E-state index contributed by atoms with van der Waals surface area (Å²) in [5.74, 6) is -0.159. The molecule has 0 atom stereocenters. The quantitative estimate of drug-likeness (QED) is 0.389. The minimum Gasteiger partial charge on any atom is -0.495 e. The third-order valence-electron chi connectivity index (χ3n) is 4.88. The zero-order valence-electron chi connectivity index (χ0n) is 17.9.